The van der Waals surface area contributed by atoms with Gasteiger partial charge >= 0.3 is 0 Å². The lowest BCUT2D eigenvalue weighted by Crippen LogP contribution is -2.53. The molecular formula is C22H28IN7O2. The standard InChI is InChI=1S/C22H27N7O2.HI/c1-23-21(27-13-15-28(16-14-27)22-25-10-6-11-26-22)24-9-4-5-12-29-19(30)17-7-2-3-8-18(17)20(29)31;/h2-3,6-8,10-11H,4-5,9,12-16H2,1H3,(H,23,24);1H. The van der Waals surface area contributed by atoms with Crippen LogP contribution in [-0.4, -0.2) is 83.9 Å². The first-order chi connectivity index (χ1) is 15.2. The van der Waals surface area contributed by atoms with Crippen LogP contribution in [0, 0.1) is 0 Å². The molecule has 170 valence electrons. The fraction of sp³-hybridized carbons (Fsp3) is 0.409. The molecule has 2 aliphatic heterocycles. The predicted octanol–water partition coefficient (Wildman–Crippen LogP) is 1.87. The molecular weight excluding hydrogens is 521 g/mol. The second-order valence-electron chi connectivity index (χ2n) is 7.51. The van der Waals surface area contributed by atoms with E-state index >= 15 is 0 Å². The fourth-order valence-corrected chi connectivity index (χ4v) is 3.94. The molecule has 2 aromatic rings. The van der Waals surface area contributed by atoms with Gasteiger partial charge in [0.05, 0.1) is 11.1 Å². The molecule has 32 heavy (non-hydrogen) atoms. The van der Waals surface area contributed by atoms with Gasteiger partial charge in [0, 0.05) is 58.7 Å². The Balaban J connectivity index is 0.00000289. The highest BCUT2D eigenvalue weighted by atomic mass is 127. The number of hydrogen-bond donors (Lipinski definition) is 1. The smallest absolute Gasteiger partial charge is 0.261 e. The minimum absolute atomic E-state index is 0. The number of nitrogens with one attached hydrogen (secondary N) is 1. The molecule has 0 aliphatic carbocycles. The molecule has 2 amide bonds. The molecule has 10 heteroatoms. The molecule has 3 heterocycles. The number of piperazine rings is 1. The van der Waals surface area contributed by atoms with Crippen molar-refractivity contribution in [2.45, 2.75) is 12.8 Å². The Morgan fingerprint density at radius 3 is 2.19 bits per heavy atom. The molecule has 1 fully saturated rings. The summed E-state index contributed by atoms with van der Waals surface area (Å²) in [6.45, 7) is 4.52. The van der Waals surface area contributed by atoms with Crippen molar-refractivity contribution in [2.75, 3.05) is 51.2 Å². The van der Waals surface area contributed by atoms with Gasteiger partial charge in [0.1, 0.15) is 0 Å². The lowest BCUT2D eigenvalue weighted by Gasteiger charge is -2.36. The van der Waals surface area contributed by atoms with Crippen molar-refractivity contribution in [3.8, 4) is 0 Å². The first kappa shape index (κ1) is 23.9. The van der Waals surface area contributed by atoms with E-state index in [2.05, 4.69) is 30.1 Å². The highest BCUT2D eigenvalue weighted by Crippen LogP contribution is 2.22. The van der Waals surface area contributed by atoms with E-state index in [1.54, 1.807) is 43.7 Å². The number of unbranched alkanes of at least 4 members (excludes halogenated alkanes) is 1. The van der Waals surface area contributed by atoms with Gasteiger partial charge in [0.2, 0.25) is 5.95 Å². The number of amides is 2. The normalized spacial score (nSPS) is 16.2. The van der Waals surface area contributed by atoms with Crippen LogP contribution in [0.3, 0.4) is 0 Å². The maximum atomic E-state index is 12.4. The van der Waals surface area contributed by atoms with Gasteiger partial charge in [-0.1, -0.05) is 12.1 Å². The molecule has 0 bridgehead atoms. The number of aliphatic imine (C=N–C) groups is 1. The highest BCUT2D eigenvalue weighted by Gasteiger charge is 2.34. The van der Waals surface area contributed by atoms with Crippen molar-refractivity contribution in [1.29, 1.82) is 0 Å². The Bertz CT molecular complexity index is 927. The van der Waals surface area contributed by atoms with Crippen LogP contribution in [0.4, 0.5) is 5.95 Å². The third-order valence-corrected chi connectivity index (χ3v) is 5.60. The van der Waals surface area contributed by atoms with E-state index in [1.165, 1.54) is 4.90 Å². The Labute approximate surface area is 204 Å². The molecule has 0 unspecified atom stereocenters. The number of rotatable bonds is 6. The van der Waals surface area contributed by atoms with Crippen LogP contribution in [0.5, 0.6) is 0 Å². The monoisotopic (exact) mass is 549 g/mol. The summed E-state index contributed by atoms with van der Waals surface area (Å²) in [4.78, 5) is 43.6. The van der Waals surface area contributed by atoms with Crippen molar-refractivity contribution in [3.05, 3.63) is 53.9 Å². The van der Waals surface area contributed by atoms with Gasteiger partial charge in [-0.25, -0.2) is 9.97 Å². The number of anilines is 1. The number of nitrogens with zero attached hydrogens (tertiary/aromatic N) is 6. The van der Waals surface area contributed by atoms with Crippen LogP contribution in [0.2, 0.25) is 0 Å². The number of aromatic nitrogens is 2. The molecule has 0 saturated carbocycles. The zero-order chi connectivity index (χ0) is 21.6. The van der Waals surface area contributed by atoms with Crippen LogP contribution >= 0.6 is 24.0 Å². The lowest BCUT2D eigenvalue weighted by molar-refractivity contribution is 0.0652. The zero-order valence-corrected chi connectivity index (χ0v) is 20.4. The second kappa shape index (κ2) is 11.2. The molecule has 1 N–H and O–H groups in total. The van der Waals surface area contributed by atoms with E-state index in [0.717, 1.165) is 57.5 Å². The van der Waals surface area contributed by atoms with Crippen LogP contribution < -0.4 is 10.2 Å². The second-order valence-corrected chi connectivity index (χ2v) is 7.51. The number of hydrogen-bond acceptors (Lipinski definition) is 6. The van der Waals surface area contributed by atoms with Crippen molar-refractivity contribution < 1.29 is 9.59 Å². The maximum absolute atomic E-state index is 12.4. The minimum atomic E-state index is -0.190. The Kier molecular flexibility index (Phi) is 8.37. The largest absolute Gasteiger partial charge is 0.356 e. The summed E-state index contributed by atoms with van der Waals surface area (Å²) in [5, 5.41) is 3.40. The quantitative estimate of drug-likeness (QED) is 0.193. The van der Waals surface area contributed by atoms with E-state index in [4.69, 9.17) is 0 Å². The number of imide groups is 1. The highest BCUT2D eigenvalue weighted by molar-refractivity contribution is 14.0. The third-order valence-electron chi connectivity index (χ3n) is 5.60. The van der Waals surface area contributed by atoms with Gasteiger partial charge in [0.25, 0.3) is 11.8 Å². The van der Waals surface area contributed by atoms with Crippen molar-refractivity contribution in [1.82, 2.24) is 25.1 Å². The molecule has 1 saturated heterocycles. The third kappa shape index (κ3) is 5.17. The van der Waals surface area contributed by atoms with Crippen LogP contribution in [0.25, 0.3) is 0 Å². The average molecular weight is 549 g/mol. The average Bonchev–Trinajstić information content (AvgIpc) is 3.07. The maximum Gasteiger partial charge on any atom is 0.261 e. The van der Waals surface area contributed by atoms with Gasteiger partial charge in [-0.05, 0) is 31.0 Å². The number of halogens is 1. The number of fused-ring (bicyclic) bond motifs is 1. The number of carbonyl (C=O) groups is 2. The molecule has 1 aromatic carbocycles. The first-order valence-corrected chi connectivity index (χ1v) is 10.6. The molecule has 0 atom stereocenters. The van der Waals surface area contributed by atoms with Gasteiger partial charge in [0.15, 0.2) is 5.96 Å². The van der Waals surface area contributed by atoms with E-state index in [9.17, 15) is 9.59 Å². The number of guanidine groups is 1. The summed E-state index contributed by atoms with van der Waals surface area (Å²) in [5.74, 6) is 1.25. The van der Waals surface area contributed by atoms with E-state index in [1.807, 2.05) is 6.07 Å². The first-order valence-electron chi connectivity index (χ1n) is 10.6. The summed E-state index contributed by atoms with van der Waals surface area (Å²) in [6.07, 6.45) is 5.10. The van der Waals surface area contributed by atoms with Gasteiger partial charge in [-0.3, -0.25) is 19.5 Å². The van der Waals surface area contributed by atoms with E-state index in [-0.39, 0.29) is 35.8 Å². The molecule has 9 nitrogen and oxygen atoms in total. The minimum Gasteiger partial charge on any atom is -0.356 e. The van der Waals surface area contributed by atoms with E-state index < -0.39 is 0 Å². The van der Waals surface area contributed by atoms with Crippen molar-refractivity contribution >= 4 is 47.7 Å². The molecule has 4 rings (SSSR count). The van der Waals surface area contributed by atoms with Crippen LogP contribution in [0.1, 0.15) is 33.6 Å². The SMILES string of the molecule is CN=C(NCCCCN1C(=O)c2ccccc2C1=O)N1CCN(c2ncccn2)CC1.I. The summed E-state index contributed by atoms with van der Waals surface area (Å²) < 4.78 is 0. The lowest BCUT2D eigenvalue weighted by atomic mass is 10.1. The Hall–Kier alpha value is -2.76. The number of carbonyl (C=O) groups excluding carboxylic acids is 2. The predicted molar refractivity (Wildman–Crippen MR) is 134 cm³/mol. The van der Waals surface area contributed by atoms with Gasteiger partial charge in [-0.2, -0.15) is 0 Å². The zero-order valence-electron chi connectivity index (χ0n) is 18.1. The summed E-state index contributed by atoms with van der Waals surface area (Å²) in [7, 11) is 1.79. The Morgan fingerprint density at radius 2 is 1.59 bits per heavy atom. The molecule has 0 spiro atoms. The number of benzene rings is 1. The van der Waals surface area contributed by atoms with Crippen molar-refractivity contribution in [2.24, 2.45) is 4.99 Å². The van der Waals surface area contributed by atoms with E-state index in [0.29, 0.717) is 17.7 Å². The topological polar surface area (TPSA) is 94.0 Å². The van der Waals surface area contributed by atoms with Crippen LogP contribution in [-0.2, 0) is 0 Å². The summed E-state index contributed by atoms with van der Waals surface area (Å²) in [5.41, 5.74) is 1.01. The summed E-state index contributed by atoms with van der Waals surface area (Å²) >= 11 is 0. The molecule has 0 radical (unpaired) electrons. The van der Waals surface area contributed by atoms with Crippen LogP contribution in [0.15, 0.2) is 47.7 Å². The van der Waals surface area contributed by atoms with Gasteiger partial charge in [-0.15, -0.1) is 24.0 Å². The molecule has 2 aliphatic rings. The fourth-order valence-electron chi connectivity index (χ4n) is 3.94. The van der Waals surface area contributed by atoms with Crippen molar-refractivity contribution in [3.63, 3.8) is 0 Å². The van der Waals surface area contributed by atoms with Gasteiger partial charge < -0.3 is 15.1 Å². The summed E-state index contributed by atoms with van der Waals surface area (Å²) in [6, 6.07) is 8.82. The molecule has 1 aromatic heterocycles. The Morgan fingerprint density at radius 1 is 0.969 bits per heavy atom.